The summed E-state index contributed by atoms with van der Waals surface area (Å²) in [5.41, 5.74) is 5.77. The molecule has 0 radical (unpaired) electrons. The predicted octanol–water partition coefficient (Wildman–Crippen LogP) is -0.180. The lowest BCUT2D eigenvalue weighted by atomic mass is 10.1. The van der Waals surface area contributed by atoms with Crippen LogP contribution in [0.1, 0.15) is 20.3 Å². The predicted molar refractivity (Wildman–Crippen MR) is 74.5 cm³/mol. The number of rotatable bonds is 6. The summed E-state index contributed by atoms with van der Waals surface area (Å²) in [7, 11) is 1.86. The van der Waals surface area contributed by atoms with Gasteiger partial charge in [0.15, 0.2) is 0 Å². The van der Waals surface area contributed by atoms with Gasteiger partial charge in [-0.1, -0.05) is 6.92 Å². The zero-order valence-electron chi connectivity index (χ0n) is 12.1. The fourth-order valence-corrected chi connectivity index (χ4v) is 2.35. The van der Waals surface area contributed by atoms with Gasteiger partial charge in [-0.05, 0) is 13.3 Å². The van der Waals surface area contributed by atoms with Crippen LogP contribution in [0.25, 0.3) is 0 Å². The summed E-state index contributed by atoms with van der Waals surface area (Å²) in [4.78, 5) is 18.3. The molecule has 0 aromatic carbocycles. The molecule has 0 spiro atoms. The first-order valence-corrected chi connectivity index (χ1v) is 7.02. The van der Waals surface area contributed by atoms with Gasteiger partial charge in [0.1, 0.15) is 0 Å². The minimum absolute atomic E-state index is 0.219. The van der Waals surface area contributed by atoms with Crippen LogP contribution in [-0.4, -0.2) is 79.5 Å². The van der Waals surface area contributed by atoms with Crippen LogP contribution in [0, 0.1) is 0 Å². The molecule has 0 aromatic heterocycles. The van der Waals surface area contributed by atoms with Crippen molar-refractivity contribution in [2.24, 2.45) is 5.73 Å². The average molecular weight is 256 g/mol. The number of hydrogen-bond acceptors (Lipinski definition) is 4. The SMILES string of the molecule is CCC(CN)N1CCN(CC(=O)N(C)CC)CC1. The summed E-state index contributed by atoms with van der Waals surface area (Å²) in [5, 5.41) is 0. The third-order valence-corrected chi connectivity index (χ3v) is 3.93. The molecular formula is C13H28N4O. The maximum absolute atomic E-state index is 11.8. The highest BCUT2D eigenvalue weighted by Crippen LogP contribution is 2.08. The van der Waals surface area contributed by atoms with E-state index in [1.165, 1.54) is 0 Å². The van der Waals surface area contributed by atoms with E-state index in [4.69, 9.17) is 5.73 Å². The molecule has 2 N–H and O–H groups in total. The number of nitrogens with two attached hydrogens (primary N) is 1. The number of likely N-dealkylation sites (N-methyl/N-ethyl adjacent to an activating group) is 1. The van der Waals surface area contributed by atoms with Crippen molar-refractivity contribution in [1.29, 1.82) is 0 Å². The fraction of sp³-hybridized carbons (Fsp3) is 0.923. The monoisotopic (exact) mass is 256 g/mol. The first-order chi connectivity index (χ1) is 8.62. The van der Waals surface area contributed by atoms with Crippen LogP contribution in [0.5, 0.6) is 0 Å². The van der Waals surface area contributed by atoms with Crippen LogP contribution in [0.2, 0.25) is 0 Å². The minimum atomic E-state index is 0.219. The van der Waals surface area contributed by atoms with E-state index in [2.05, 4.69) is 16.7 Å². The molecule has 1 fully saturated rings. The number of hydrogen-bond donors (Lipinski definition) is 1. The Labute approximate surface area is 111 Å². The van der Waals surface area contributed by atoms with E-state index in [1.807, 2.05) is 14.0 Å². The van der Waals surface area contributed by atoms with Crippen LogP contribution in [-0.2, 0) is 4.79 Å². The van der Waals surface area contributed by atoms with Crippen molar-refractivity contribution in [2.75, 3.05) is 52.9 Å². The molecule has 1 aliphatic heterocycles. The summed E-state index contributed by atoms with van der Waals surface area (Å²) < 4.78 is 0. The van der Waals surface area contributed by atoms with Gasteiger partial charge in [-0.25, -0.2) is 0 Å². The van der Waals surface area contributed by atoms with Crippen molar-refractivity contribution >= 4 is 5.91 Å². The summed E-state index contributed by atoms with van der Waals surface area (Å²) in [6, 6.07) is 0.501. The average Bonchev–Trinajstić information content (AvgIpc) is 2.41. The quantitative estimate of drug-likeness (QED) is 0.716. The van der Waals surface area contributed by atoms with Crippen molar-refractivity contribution < 1.29 is 4.79 Å². The molecule has 0 aliphatic carbocycles. The maximum Gasteiger partial charge on any atom is 0.236 e. The van der Waals surface area contributed by atoms with Gasteiger partial charge < -0.3 is 10.6 Å². The van der Waals surface area contributed by atoms with Crippen LogP contribution in [0.3, 0.4) is 0 Å². The van der Waals surface area contributed by atoms with Gasteiger partial charge in [0, 0.05) is 52.4 Å². The molecule has 5 heteroatoms. The number of carbonyl (C=O) groups excluding carboxylic acids is 1. The lowest BCUT2D eigenvalue weighted by Gasteiger charge is -2.38. The highest BCUT2D eigenvalue weighted by molar-refractivity contribution is 5.77. The summed E-state index contributed by atoms with van der Waals surface area (Å²) >= 11 is 0. The first kappa shape index (κ1) is 15.4. The van der Waals surface area contributed by atoms with Gasteiger partial charge in [-0.2, -0.15) is 0 Å². The van der Waals surface area contributed by atoms with Gasteiger partial charge in [0.25, 0.3) is 0 Å². The number of nitrogens with zero attached hydrogens (tertiary/aromatic N) is 3. The largest absolute Gasteiger partial charge is 0.345 e. The Balaban J connectivity index is 2.33. The highest BCUT2D eigenvalue weighted by atomic mass is 16.2. The standard InChI is InChI=1S/C13H28N4O/c1-4-12(10-14)17-8-6-16(7-9-17)11-13(18)15(3)5-2/h12H,4-11,14H2,1-3H3. The van der Waals surface area contributed by atoms with Crippen molar-refractivity contribution in [3.63, 3.8) is 0 Å². The lowest BCUT2D eigenvalue weighted by molar-refractivity contribution is -0.131. The van der Waals surface area contributed by atoms with E-state index in [-0.39, 0.29) is 5.91 Å². The zero-order valence-corrected chi connectivity index (χ0v) is 12.1. The van der Waals surface area contributed by atoms with E-state index in [9.17, 15) is 4.79 Å². The van der Waals surface area contributed by atoms with Crippen molar-refractivity contribution in [2.45, 2.75) is 26.3 Å². The maximum atomic E-state index is 11.8. The Morgan fingerprint density at radius 2 is 1.89 bits per heavy atom. The summed E-state index contributed by atoms with van der Waals surface area (Å²) in [5.74, 6) is 0.219. The summed E-state index contributed by atoms with van der Waals surface area (Å²) in [6.45, 7) is 10.2. The molecule has 0 aromatic rings. The number of amides is 1. The van der Waals surface area contributed by atoms with Crippen LogP contribution in [0.4, 0.5) is 0 Å². The third-order valence-electron chi connectivity index (χ3n) is 3.93. The molecule has 5 nitrogen and oxygen atoms in total. The lowest BCUT2D eigenvalue weighted by Crippen LogP contribution is -2.53. The van der Waals surface area contributed by atoms with Gasteiger partial charge in [0.05, 0.1) is 6.54 Å². The molecule has 1 unspecified atom stereocenters. The molecule has 18 heavy (non-hydrogen) atoms. The molecule has 1 aliphatic rings. The molecule has 1 amide bonds. The van der Waals surface area contributed by atoms with Crippen LogP contribution in [0.15, 0.2) is 0 Å². The van der Waals surface area contributed by atoms with Crippen molar-refractivity contribution in [1.82, 2.24) is 14.7 Å². The van der Waals surface area contributed by atoms with Gasteiger partial charge >= 0.3 is 0 Å². The van der Waals surface area contributed by atoms with Crippen molar-refractivity contribution in [3.8, 4) is 0 Å². The van der Waals surface area contributed by atoms with E-state index in [1.54, 1.807) is 4.90 Å². The smallest absolute Gasteiger partial charge is 0.236 e. The van der Waals surface area contributed by atoms with E-state index in [0.29, 0.717) is 12.6 Å². The van der Waals surface area contributed by atoms with Gasteiger partial charge in [-0.3, -0.25) is 14.6 Å². The second-order valence-corrected chi connectivity index (χ2v) is 5.02. The topological polar surface area (TPSA) is 52.8 Å². The van der Waals surface area contributed by atoms with E-state index in [0.717, 1.165) is 45.7 Å². The molecular weight excluding hydrogens is 228 g/mol. The van der Waals surface area contributed by atoms with Crippen molar-refractivity contribution in [3.05, 3.63) is 0 Å². The Morgan fingerprint density at radius 3 is 2.33 bits per heavy atom. The molecule has 1 atom stereocenters. The molecule has 0 saturated carbocycles. The van der Waals surface area contributed by atoms with E-state index < -0.39 is 0 Å². The highest BCUT2D eigenvalue weighted by Gasteiger charge is 2.23. The molecule has 1 heterocycles. The normalized spacial score (nSPS) is 19.8. The second kappa shape index (κ2) is 7.71. The van der Waals surface area contributed by atoms with Crippen LogP contribution >= 0.6 is 0 Å². The van der Waals surface area contributed by atoms with Gasteiger partial charge in [-0.15, -0.1) is 0 Å². The van der Waals surface area contributed by atoms with Crippen LogP contribution < -0.4 is 5.73 Å². The Kier molecular flexibility index (Phi) is 6.60. The molecule has 1 saturated heterocycles. The molecule has 0 bridgehead atoms. The Hall–Kier alpha value is -0.650. The second-order valence-electron chi connectivity index (χ2n) is 5.02. The fourth-order valence-electron chi connectivity index (χ4n) is 2.35. The number of carbonyl (C=O) groups is 1. The Morgan fingerprint density at radius 1 is 1.28 bits per heavy atom. The third kappa shape index (κ3) is 4.23. The molecule has 106 valence electrons. The zero-order chi connectivity index (χ0) is 13.5. The van der Waals surface area contributed by atoms with E-state index >= 15 is 0 Å². The molecule has 1 rings (SSSR count). The first-order valence-electron chi connectivity index (χ1n) is 7.02. The minimum Gasteiger partial charge on any atom is -0.345 e. The Bertz CT molecular complexity index is 247. The van der Waals surface area contributed by atoms with Gasteiger partial charge in [0.2, 0.25) is 5.91 Å². The summed E-state index contributed by atoms with van der Waals surface area (Å²) in [6.07, 6.45) is 1.11. The number of piperazine rings is 1.